The Labute approximate surface area is 222 Å². The van der Waals surface area contributed by atoms with Gasteiger partial charge in [-0.05, 0) is 75.2 Å². The monoisotopic (exact) mass is 517 g/mol. The molecule has 2 aromatic carbocycles. The predicted octanol–water partition coefficient (Wildman–Crippen LogP) is 3.11. The number of amides is 2. The van der Waals surface area contributed by atoms with E-state index >= 15 is 0 Å². The second-order valence-corrected chi connectivity index (χ2v) is 10.1. The number of primary amides is 2. The highest BCUT2D eigenvalue weighted by Crippen LogP contribution is 2.28. The molecule has 1 aliphatic heterocycles. The highest BCUT2D eigenvalue weighted by Gasteiger charge is 2.20. The first-order valence-electron chi connectivity index (χ1n) is 12.7. The number of pyridine rings is 1. The number of fused-ring (bicyclic) bond motifs is 2. The topological polar surface area (TPSA) is 146 Å². The summed E-state index contributed by atoms with van der Waals surface area (Å²) < 4.78 is 0. The molecule has 200 valence electrons. The van der Waals surface area contributed by atoms with Crippen LogP contribution in [0.4, 0.5) is 0 Å². The molecule has 0 saturated heterocycles. The molecule has 0 radical (unpaired) electrons. The van der Waals surface area contributed by atoms with Gasteiger partial charge in [0, 0.05) is 37.3 Å². The van der Waals surface area contributed by atoms with Gasteiger partial charge in [-0.15, -0.1) is 0 Å². The van der Waals surface area contributed by atoms with Crippen molar-refractivity contribution in [3.05, 3.63) is 87.2 Å². The van der Waals surface area contributed by atoms with Gasteiger partial charge < -0.3 is 21.7 Å². The zero-order valence-electron chi connectivity index (χ0n) is 21.9. The van der Waals surface area contributed by atoms with Gasteiger partial charge in [-0.2, -0.15) is 0 Å². The number of aromatic nitrogens is 1. The Bertz CT molecular complexity index is 1260. The lowest BCUT2D eigenvalue weighted by Crippen LogP contribution is -2.26. The zero-order valence-corrected chi connectivity index (χ0v) is 21.9. The van der Waals surface area contributed by atoms with E-state index in [9.17, 15) is 19.8 Å². The Balaban J connectivity index is 1.55. The molecule has 1 aromatic heterocycles. The molecule has 2 bridgehead atoms. The minimum Gasteiger partial charge on any atom is -0.507 e. The van der Waals surface area contributed by atoms with Crippen LogP contribution in [-0.4, -0.2) is 49.9 Å². The van der Waals surface area contributed by atoms with Gasteiger partial charge in [0.1, 0.15) is 11.5 Å². The maximum atomic E-state index is 11.8. The van der Waals surface area contributed by atoms with E-state index in [0.717, 1.165) is 48.4 Å². The van der Waals surface area contributed by atoms with E-state index in [1.54, 1.807) is 12.1 Å². The van der Waals surface area contributed by atoms with Crippen molar-refractivity contribution in [2.75, 3.05) is 13.1 Å². The summed E-state index contributed by atoms with van der Waals surface area (Å²) in [7, 11) is 0. The second-order valence-electron chi connectivity index (χ2n) is 10.1. The number of phenols is 2. The molecule has 0 fully saturated rings. The summed E-state index contributed by atoms with van der Waals surface area (Å²) in [5, 5.41) is 21.4. The summed E-state index contributed by atoms with van der Waals surface area (Å²) in [6.45, 7) is 7.37. The van der Waals surface area contributed by atoms with E-state index in [2.05, 4.69) is 9.80 Å². The fourth-order valence-corrected chi connectivity index (χ4v) is 5.07. The first-order chi connectivity index (χ1) is 18.1. The SMILES string of the molecule is Cc1cc(CN2CCCCN(Cc3cc(C)cc(C(N)=O)c3O)Cc3cccc(n3)C2)c(O)c(C(N)=O)c1. The van der Waals surface area contributed by atoms with Crippen LogP contribution in [0.3, 0.4) is 0 Å². The van der Waals surface area contributed by atoms with Gasteiger partial charge >= 0.3 is 0 Å². The van der Waals surface area contributed by atoms with Crippen molar-refractivity contribution in [1.29, 1.82) is 0 Å². The summed E-state index contributed by atoms with van der Waals surface area (Å²) >= 11 is 0. The lowest BCUT2D eigenvalue weighted by molar-refractivity contribution is 0.0988. The summed E-state index contributed by atoms with van der Waals surface area (Å²) in [5.74, 6) is -1.44. The number of carbonyl (C=O) groups is 2. The van der Waals surface area contributed by atoms with E-state index in [0.29, 0.717) is 37.3 Å². The Morgan fingerprint density at radius 3 is 1.61 bits per heavy atom. The van der Waals surface area contributed by atoms with Crippen molar-refractivity contribution in [1.82, 2.24) is 14.8 Å². The molecule has 3 aromatic rings. The van der Waals surface area contributed by atoms with Crippen molar-refractivity contribution in [2.24, 2.45) is 11.5 Å². The molecule has 0 aliphatic carbocycles. The highest BCUT2D eigenvalue weighted by atomic mass is 16.3. The highest BCUT2D eigenvalue weighted by molar-refractivity contribution is 5.96. The number of benzene rings is 2. The fourth-order valence-electron chi connectivity index (χ4n) is 5.07. The average Bonchev–Trinajstić information content (AvgIpc) is 2.87. The molecule has 38 heavy (non-hydrogen) atoms. The summed E-state index contributed by atoms with van der Waals surface area (Å²) in [4.78, 5) is 32.9. The van der Waals surface area contributed by atoms with Crippen LogP contribution >= 0.6 is 0 Å². The molecule has 0 saturated carbocycles. The van der Waals surface area contributed by atoms with Gasteiger partial charge in [0.25, 0.3) is 11.8 Å². The minimum absolute atomic E-state index is 0.0707. The number of nitrogens with zero attached hydrogens (tertiary/aromatic N) is 3. The maximum absolute atomic E-state index is 11.8. The zero-order chi connectivity index (χ0) is 27.4. The number of rotatable bonds is 6. The van der Waals surface area contributed by atoms with Gasteiger partial charge in [-0.3, -0.25) is 24.4 Å². The fraction of sp³-hybridized carbons (Fsp3) is 0.345. The van der Waals surface area contributed by atoms with E-state index < -0.39 is 11.8 Å². The lowest BCUT2D eigenvalue weighted by Gasteiger charge is -2.24. The predicted molar refractivity (Wildman–Crippen MR) is 144 cm³/mol. The third-order valence-corrected chi connectivity index (χ3v) is 6.82. The van der Waals surface area contributed by atoms with Gasteiger partial charge in [0.2, 0.25) is 0 Å². The summed E-state index contributed by atoms with van der Waals surface area (Å²) in [6.07, 6.45) is 1.79. The Hall–Kier alpha value is -3.95. The van der Waals surface area contributed by atoms with Crippen molar-refractivity contribution >= 4 is 11.8 Å². The lowest BCUT2D eigenvalue weighted by atomic mass is 10.0. The van der Waals surface area contributed by atoms with Crippen LogP contribution in [-0.2, 0) is 26.2 Å². The smallest absolute Gasteiger partial charge is 0.252 e. The number of carbonyl (C=O) groups excluding carboxylic acids is 2. The Morgan fingerprint density at radius 1 is 0.789 bits per heavy atom. The molecule has 0 atom stereocenters. The molecule has 4 rings (SSSR count). The quantitative estimate of drug-likeness (QED) is 0.393. The van der Waals surface area contributed by atoms with Crippen LogP contribution in [0.25, 0.3) is 0 Å². The number of aryl methyl sites for hydroxylation is 2. The largest absolute Gasteiger partial charge is 0.507 e. The number of nitrogens with two attached hydrogens (primary N) is 2. The standard InChI is InChI=1S/C29H35N5O4/c1-18-10-20(26(35)24(12-18)28(30)37)14-33-8-3-4-9-34(17-23-7-5-6-22(16-33)32-23)15-21-11-19(2)13-25(27(21)36)29(31)38/h5-7,10-13,35-36H,3-4,8-9,14-17H2,1-2H3,(H2,30,37)(H2,31,38). The Kier molecular flexibility index (Phi) is 8.29. The van der Waals surface area contributed by atoms with E-state index in [1.165, 1.54) is 0 Å². The number of hydrogen-bond donors (Lipinski definition) is 4. The van der Waals surface area contributed by atoms with Crippen LogP contribution in [0, 0.1) is 13.8 Å². The first-order valence-corrected chi connectivity index (χ1v) is 12.7. The van der Waals surface area contributed by atoms with Crippen LogP contribution in [0.5, 0.6) is 11.5 Å². The first kappa shape index (κ1) is 27.1. The van der Waals surface area contributed by atoms with Crippen LogP contribution in [0.2, 0.25) is 0 Å². The third kappa shape index (κ3) is 6.48. The van der Waals surface area contributed by atoms with Gasteiger partial charge in [-0.1, -0.05) is 18.2 Å². The minimum atomic E-state index is -0.651. The van der Waals surface area contributed by atoms with Crippen molar-refractivity contribution in [3.63, 3.8) is 0 Å². The molecule has 9 nitrogen and oxygen atoms in total. The molecule has 2 amide bonds. The van der Waals surface area contributed by atoms with Gasteiger partial charge in [-0.25, -0.2) is 0 Å². The summed E-state index contributed by atoms with van der Waals surface area (Å²) in [6, 6.07) is 12.9. The third-order valence-electron chi connectivity index (χ3n) is 6.82. The van der Waals surface area contributed by atoms with Crippen LogP contribution in [0.15, 0.2) is 42.5 Å². The van der Waals surface area contributed by atoms with Crippen molar-refractivity contribution in [2.45, 2.75) is 52.9 Å². The molecule has 2 heterocycles. The Morgan fingerprint density at radius 2 is 1.21 bits per heavy atom. The van der Waals surface area contributed by atoms with Crippen LogP contribution < -0.4 is 11.5 Å². The summed E-state index contributed by atoms with van der Waals surface area (Å²) in [5.41, 5.74) is 16.1. The van der Waals surface area contributed by atoms with Crippen LogP contribution in [0.1, 0.15) is 67.2 Å². The van der Waals surface area contributed by atoms with Crippen molar-refractivity contribution in [3.8, 4) is 11.5 Å². The molecular weight excluding hydrogens is 482 g/mol. The molecular formula is C29H35N5O4. The van der Waals surface area contributed by atoms with E-state index in [4.69, 9.17) is 16.5 Å². The maximum Gasteiger partial charge on any atom is 0.252 e. The molecule has 1 aliphatic rings. The molecule has 0 spiro atoms. The van der Waals surface area contributed by atoms with Crippen molar-refractivity contribution < 1.29 is 19.8 Å². The van der Waals surface area contributed by atoms with E-state index in [-0.39, 0.29) is 22.6 Å². The van der Waals surface area contributed by atoms with E-state index in [1.807, 2.05) is 44.2 Å². The van der Waals surface area contributed by atoms with Gasteiger partial charge in [0.05, 0.1) is 22.5 Å². The number of hydrogen-bond acceptors (Lipinski definition) is 7. The second kappa shape index (κ2) is 11.6. The van der Waals surface area contributed by atoms with Gasteiger partial charge in [0.15, 0.2) is 0 Å². The normalized spacial score (nSPS) is 15.1. The average molecular weight is 518 g/mol. The molecule has 6 N–H and O–H groups in total. The molecule has 0 unspecified atom stereocenters. The number of aromatic hydroxyl groups is 2. The molecule has 9 heteroatoms.